The van der Waals surface area contributed by atoms with Crippen LogP contribution in [-0.4, -0.2) is 5.60 Å². The summed E-state index contributed by atoms with van der Waals surface area (Å²) in [5, 5.41) is 0. The molecule has 0 unspecified atom stereocenters. The first-order valence-electron chi connectivity index (χ1n) is 4.62. The highest BCUT2D eigenvalue weighted by Crippen LogP contribution is 2.34. The monoisotopic (exact) mass is 213 g/mol. The Bertz CT molecular complexity index is 336. The first-order chi connectivity index (χ1) is 6.11. The van der Waals surface area contributed by atoms with Gasteiger partial charge in [-0.3, -0.25) is 0 Å². The van der Waals surface area contributed by atoms with Gasteiger partial charge in [-0.05, 0) is 31.0 Å². The molecule has 0 aliphatic carbocycles. The Morgan fingerprint density at radius 1 is 1.43 bits per heavy atom. The minimum Gasteiger partial charge on any atom is -0.487 e. The summed E-state index contributed by atoms with van der Waals surface area (Å²) in [5.41, 5.74) is 7.99. The Labute approximate surface area is 90.9 Å². The minimum absolute atomic E-state index is 0. The van der Waals surface area contributed by atoms with Crippen LogP contribution in [0.15, 0.2) is 18.2 Å². The van der Waals surface area contributed by atoms with E-state index >= 15 is 0 Å². The number of hydrogen-bond acceptors (Lipinski definition) is 2. The number of benzene rings is 1. The van der Waals surface area contributed by atoms with Gasteiger partial charge in [-0.25, -0.2) is 0 Å². The Hall–Kier alpha value is -0.730. The van der Waals surface area contributed by atoms with Crippen molar-refractivity contribution in [1.82, 2.24) is 0 Å². The second kappa shape index (κ2) is 3.79. The Kier molecular flexibility index (Phi) is 3.07. The molecule has 1 heterocycles. The van der Waals surface area contributed by atoms with Crippen molar-refractivity contribution >= 4 is 12.4 Å². The van der Waals surface area contributed by atoms with Gasteiger partial charge in [0.25, 0.3) is 0 Å². The molecule has 0 bridgehead atoms. The van der Waals surface area contributed by atoms with Gasteiger partial charge in [0.1, 0.15) is 11.4 Å². The highest BCUT2D eigenvalue weighted by atomic mass is 35.5. The summed E-state index contributed by atoms with van der Waals surface area (Å²) < 4.78 is 5.75. The van der Waals surface area contributed by atoms with Crippen LogP contribution in [0.3, 0.4) is 0 Å². The van der Waals surface area contributed by atoms with Gasteiger partial charge in [0, 0.05) is 13.0 Å². The third-order valence-corrected chi connectivity index (χ3v) is 2.36. The molecule has 1 aromatic carbocycles. The third kappa shape index (κ3) is 2.02. The second-order valence-corrected chi connectivity index (χ2v) is 4.18. The van der Waals surface area contributed by atoms with Gasteiger partial charge in [-0.15, -0.1) is 12.4 Å². The molecule has 0 amide bonds. The lowest BCUT2D eigenvalue weighted by atomic mass is 10.0. The van der Waals surface area contributed by atoms with E-state index in [0.717, 1.165) is 12.2 Å². The lowest BCUT2D eigenvalue weighted by Crippen LogP contribution is -2.24. The quantitative estimate of drug-likeness (QED) is 0.777. The van der Waals surface area contributed by atoms with E-state index in [1.165, 1.54) is 11.1 Å². The van der Waals surface area contributed by atoms with E-state index in [2.05, 4.69) is 19.9 Å². The zero-order chi connectivity index (χ0) is 9.47. The van der Waals surface area contributed by atoms with Gasteiger partial charge in [-0.1, -0.05) is 12.1 Å². The van der Waals surface area contributed by atoms with Crippen LogP contribution in [-0.2, 0) is 13.0 Å². The first-order valence-corrected chi connectivity index (χ1v) is 4.62. The van der Waals surface area contributed by atoms with Crippen molar-refractivity contribution in [2.24, 2.45) is 5.73 Å². The van der Waals surface area contributed by atoms with Crippen LogP contribution in [0.1, 0.15) is 25.0 Å². The van der Waals surface area contributed by atoms with Crippen molar-refractivity contribution in [3.05, 3.63) is 29.3 Å². The Morgan fingerprint density at radius 3 is 2.79 bits per heavy atom. The summed E-state index contributed by atoms with van der Waals surface area (Å²) in [7, 11) is 0. The summed E-state index contributed by atoms with van der Waals surface area (Å²) in [6.45, 7) is 4.82. The number of nitrogens with two attached hydrogens (primary N) is 1. The predicted molar refractivity (Wildman–Crippen MR) is 60.0 cm³/mol. The molecule has 3 heteroatoms. The largest absolute Gasteiger partial charge is 0.487 e. The van der Waals surface area contributed by atoms with E-state index < -0.39 is 0 Å². The average molecular weight is 214 g/mol. The molecule has 0 aromatic heterocycles. The van der Waals surface area contributed by atoms with Crippen molar-refractivity contribution in [3.63, 3.8) is 0 Å². The number of ether oxygens (including phenoxy) is 1. The van der Waals surface area contributed by atoms with Crippen molar-refractivity contribution in [3.8, 4) is 5.75 Å². The van der Waals surface area contributed by atoms with Gasteiger partial charge in [0.15, 0.2) is 0 Å². The summed E-state index contributed by atoms with van der Waals surface area (Å²) in [6, 6.07) is 6.19. The van der Waals surface area contributed by atoms with Gasteiger partial charge < -0.3 is 10.5 Å². The van der Waals surface area contributed by atoms with E-state index in [9.17, 15) is 0 Å². The molecule has 0 radical (unpaired) electrons. The smallest absolute Gasteiger partial charge is 0.123 e. The van der Waals surface area contributed by atoms with E-state index in [1.54, 1.807) is 0 Å². The maximum Gasteiger partial charge on any atom is 0.123 e. The summed E-state index contributed by atoms with van der Waals surface area (Å²) in [5.74, 6) is 1.02. The summed E-state index contributed by atoms with van der Waals surface area (Å²) in [6.07, 6.45) is 0.982. The molecular formula is C11H16ClNO. The molecule has 14 heavy (non-hydrogen) atoms. The van der Waals surface area contributed by atoms with E-state index in [1.807, 2.05) is 12.1 Å². The van der Waals surface area contributed by atoms with Gasteiger partial charge >= 0.3 is 0 Å². The van der Waals surface area contributed by atoms with Crippen LogP contribution < -0.4 is 10.5 Å². The molecule has 0 atom stereocenters. The fourth-order valence-electron chi connectivity index (χ4n) is 1.79. The first kappa shape index (κ1) is 11.3. The van der Waals surface area contributed by atoms with Crippen molar-refractivity contribution in [1.29, 1.82) is 0 Å². The number of halogens is 1. The van der Waals surface area contributed by atoms with Crippen molar-refractivity contribution in [2.45, 2.75) is 32.4 Å². The fraction of sp³-hybridized carbons (Fsp3) is 0.455. The number of rotatable bonds is 1. The molecule has 0 fully saturated rings. The van der Waals surface area contributed by atoms with Crippen molar-refractivity contribution < 1.29 is 4.74 Å². The van der Waals surface area contributed by atoms with Crippen LogP contribution in [0.5, 0.6) is 5.75 Å². The molecule has 1 aliphatic heterocycles. The normalized spacial score (nSPS) is 16.8. The maximum absolute atomic E-state index is 5.75. The lowest BCUT2D eigenvalue weighted by molar-refractivity contribution is 0.138. The lowest BCUT2D eigenvalue weighted by Gasteiger charge is -2.16. The predicted octanol–water partition coefficient (Wildman–Crippen LogP) is 2.28. The minimum atomic E-state index is -0.0461. The molecule has 2 rings (SSSR count). The number of fused-ring (bicyclic) bond motifs is 1. The zero-order valence-corrected chi connectivity index (χ0v) is 9.36. The topological polar surface area (TPSA) is 35.2 Å². The SMILES string of the molecule is CC1(C)Cc2cc(CN)ccc2O1.Cl. The highest BCUT2D eigenvalue weighted by molar-refractivity contribution is 5.85. The molecule has 1 aliphatic rings. The van der Waals surface area contributed by atoms with Gasteiger partial charge in [0.2, 0.25) is 0 Å². The standard InChI is InChI=1S/C11H15NO.ClH/c1-11(2)6-9-5-8(7-12)3-4-10(9)13-11;/h3-5H,6-7,12H2,1-2H3;1H. The van der Waals surface area contributed by atoms with Crippen LogP contribution in [0.2, 0.25) is 0 Å². The Morgan fingerprint density at radius 2 is 2.14 bits per heavy atom. The molecule has 0 spiro atoms. The molecule has 1 aromatic rings. The van der Waals surface area contributed by atoms with Crippen LogP contribution in [0.4, 0.5) is 0 Å². The van der Waals surface area contributed by atoms with Gasteiger partial charge in [0.05, 0.1) is 0 Å². The van der Waals surface area contributed by atoms with Crippen LogP contribution >= 0.6 is 12.4 Å². The average Bonchev–Trinajstić information content (AvgIpc) is 2.36. The molecule has 0 saturated carbocycles. The summed E-state index contributed by atoms with van der Waals surface area (Å²) in [4.78, 5) is 0. The Balaban J connectivity index is 0.000000980. The molecule has 2 nitrogen and oxygen atoms in total. The fourth-order valence-corrected chi connectivity index (χ4v) is 1.79. The van der Waals surface area contributed by atoms with E-state index in [0.29, 0.717) is 6.54 Å². The van der Waals surface area contributed by atoms with Crippen molar-refractivity contribution in [2.75, 3.05) is 0 Å². The van der Waals surface area contributed by atoms with Crippen LogP contribution in [0, 0.1) is 0 Å². The van der Waals surface area contributed by atoms with E-state index in [4.69, 9.17) is 10.5 Å². The molecular weight excluding hydrogens is 198 g/mol. The molecule has 78 valence electrons. The number of hydrogen-bond donors (Lipinski definition) is 1. The van der Waals surface area contributed by atoms with Gasteiger partial charge in [-0.2, -0.15) is 0 Å². The van der Waals surface area contributed by atoms with Crippen LogP contribution in [0.25, 0.3) is 0 Å². The molecule has 2 N–H and O–H groups in total. The molecule has 0 saturated heterocycles. The second-order valence-electron chi connectivity index (χ2n) is 4.18. The third-order valence-electron chi connectivity index (χ3n) is 2.36. The van der Waals surface area contributed by atoms with E-state index in [-0.39, 0.29) is 18.0 Å². The maximum atomic E-state index is 5.75. The summed E-state index contributed by atoms with van der Waals surface area (Å²) >= 11 is 0. The zero-order valence-electron chi connectivity index (χ0n) is 8.54. The highest BCUT2D eigenvalue weighted by Gasteiger charge is 2.29.